The highest BCUT2D eigenvalue weighted by atomic mass is 16.3. The number of hydrogen-bond donors (Lipinski definition) is 2. The molecule has 0 aliphatic heterocycles. The molecular weight excluding hydrogens is 378 g/mol. The first-order valence-electron chi connectivity index (χ1n) is 13.5. The lowest BCUT2D eigenvalue weighted by Crippen LogP contribution is -2.41. The monoisotopic (exact) mass is 425 g/mol. The van der Waals surface area contributed by atoms with Crippen LogP contribution in [0.2, 0.25) is 0 Å². The molecule has 0 amide bonds. The highest BCUT2D eigenvalue weighted by molar-refractivity contribution is 5.36. The molecule has 0 radical (unpaired) electrons. The second-order valence-electron chi connectivity index (χ2n) is 13.1. The first-order chi connectivity index (χ1) is 14.7. The Morgan fingerprint density at radius 3 is 2.68 bits per heavy atom. The lowest BCUT2D eigenvalue weighted by Gasteiger charge is -2.49. The summed E-state index contributed by atoms with van der Waals surface area (Å²) in [4.78, 5) is 0. The number of rotatable bonds is 5. The molecule has 2 nitrogen and oxygen atoms in total. The summed E-state index contributed by atoms with van der Waals surface area (Å²) in [5, 5.41) is 13.9. The van der Waals surface area contributed by atoms with E-state index in [1.54, 1.807) is 5.57 Å². The number of allylic oxidation sites excluding steroid dienone is 2. The van der Waals surface area contributed by atoms with Gasteiger partial charge in [0.1, 0.15) is 0 Å². The maximum atomic E-state index is 10.3. The third-order valence-electron chi connectivity index (χ3n) is 11.4. The molecule has 4 fully saturated rings. The van der Waals surface area contributed by atoms with Crippen molar-refractivity contribution in [2.75, 3.05) is 6.54 Å². The van der Waals surface area contributed by atoms with Gasteiger partial charge in [-0.1, -0.05) is 52.3 Å². The fourth-order valence-electron chi connectivity index (χ4n) is 9.55. The molecule has 1 spiro atoms. The van der Waals surface area contributed by atoms with Crippen molar-refractivity contribution in [3.8, 4) is 0 Å². The van der Waals surface area contributed by atoms with E-state index in [9.17, 15) is 5.11 Å². The van der Waals surface area contributed by atoms with Crippen molar-refractivity contribution in [1.82, 2.24) is 5.32 Å². The first-order valence-corrected chi connectivity index (χ1v) is 13.5. The van der Waals surface area contributed by atoms with Crippen LogP contribution in [0.15, 0.2) is 23.9 Å². The molecule has 0 saturated heterocycles. The maximum absolute atomic E-state index is 10.3. The van der Waals surface area contributed by atoms with Crippen molar-refractivity contribution < 1.29 is 5.11 Å². The van der Waals surface area contributed by atoms with E-state index in [0.717, 1.165) is 43.1 Å². The van der Waals surface area contributed by atoms with Crippen LogP contribution in [0.25, 0.3) is 0 Å². The second kappa shape index (κ2) is 7.64. The molecule has 174 valence electrons. The Bertz CT molecular complexity index is 754. The maximum Gasteiger partial charge on any atom is 0.0577 e. The predicted octanol–water partition coefficient (Wildman–Crippen LogP) is 6.71. The minimum absolute atomic E-state index is 0.0894. The molecule has 9 atom stereocenters. The molecule has 4 saturated carbocycles. The molecule has 2 N–H and O–H groups in total. The van der Waals surface area contributed by atoms with Gasteiger partial charge in [0, 0.05) is 6.54 Å². The minimum Gasteiger partial charge on any atom is -0.393 e. The summed E-state index contributed by atoms with van der Waals surface area (Å²) in [5.74, 6) is 5.02. The van der Waals surface area contributed by atoms with E-state index in [-0.39, 0.29) is 6.10 Å². The van der Waals surface area contributed by atoms with Gasteiger partial charge >= 0.3 is 0 Å². The highest BCUT2D eigenvalue weighted by Crippen LogP contribution is 2.81. The topological polar surface area (TPSA) is 32.3 Å². The first kappa shape index (κ1) is 22.1. The van der Waals surface area contributed by atoms with Gasteiger partial charge in [0.05, 0.1) is 6.10 Å². The molecule has 0 aromatic rings. The van der Waals surface area contributed by atoms with Crippen LogP contribution in [0.4, 0.5) is 0 Å². The minimum atomic E-state index is -0.0894. The molecule has 3 unspecified atom stereocenters. The zero-order valence-electron chi connectivity index (χ0n) is 20.8. The van der Waals surface area contributed by atoms with Crippen LogP contribution in [0.3, 0.4) is 0 Å². The summed E-state index contributed by atoms with van der Waals surface area (Å²) in [6, 6.07) is 0. The molecule has 31 heavy (non-hydrogen) atoms. The summed E-state index contributed by atoms with van der Waals surface area (Å²) >= 11 is 0. The molecule has 0 aromatic carbocycles. The predicted molar refractivity (Wildman–Crippen MR) is 129 cm³/mol. The summed E-state index contributed by atoms with van der Waals surface area (Å²) < 4.78 is 0. The van der Waals surface area contributed by atoms with E-state index in [1.165, 1.54) is 44.9 Å². The van der Waals surface area contributed by atoms with Crippen molar-refractivity contribution in [3.63, 3.8) is 0 Å². The Morgan fingerprint density at radius 1 is 1.10 bits per heavy atom. The smallest absolute Gasteiger partial charge is 0.0577 e. The van der Waals surface area contributed by atoms with Gasteiger partial charge in [0.25, 0.3) is 0 Å². The Balaban J connectivity index is 1.33. The van der Waals surface area contributed by atoms with E-state index in [0.29, 0.717) is 28.1 Å². The van der Waals surface area contributed by atoms with Gasteiger partial charge in [-0.05, 0) is 116 Å². The van der Waals surface area contributed by atoms with Gasteiger partial charge < -0.3 is 10.4 Å². The highest BCUT2D eigenvalue weighted by Gasteiger charge is 2.75. The van der Waals surface area contributed by atoms with E-state index >= 15 is 0 Å². The number of aliphatic hydroxyl groups excluding tert-OH is 1. The molecule has 5 aliphatic rings. The van der Waals surface area contributed by atoms with Crippen LogP contribution in [0, 0.1) is 51.8 Å². The molecule has 5 rings (SSSR count). The third-order valence-corrected chi connectivity index (χ3v) is 11.4. The van der Waals surface area contributed by atoms with Crippen LogP contribution < -0.4 is 5.32 Å². The number of hydrogen-bond acceptors (Lipinski definition) is 2. The van der Waals surface area contributed by atoms with Crippen LogP contribution in [0.1, 0.15) is 92.4 Å². The van der Waals surface area contributed by atoms with Crippen LogP contribution in [-0.2, 0) is 0 Å². The van der Waals surface area contributed by atoms with Gasteiger partial charge in [0.2, 0.25) is 0 Å². The van der Waals surface area contributed by atoms with E-state index < -0.39 is 0 Å². The fourth-order valence-corrected chi connectivity index (χ4v) is 9.55. The second-order valence-corrected chi connectivity index (χ2v) is 13.1. The van der Waals surface area contributed by atoms with Crippen molar-refractivity contribution in [3.05, 3.63) is 23.9 Å². The fraction of sp³-hybridized carbons (Fsp3) is 0.862. The Kier molecular flexibility index (Phi) is 5.44. The van der Waals surface area contributed by atoms with Gasteiger partial charge in [-0.25, -0.2) is 0 Å². The summed E-state index contributed by atoms with van der Waals surface area (Å²) in [7, 11) is 0. The zero-order valence-corrected chi connectivity index (χ0v) is 20.8. The van der Waals surface area contributed by atoms with E-state index in [1.807, 2.05) is 0 Å². The largest absolute Gasteiger partial charge is 0.393 e. The van der Waals surface area contributed by atoms with Crippen molar-refractivity contribution in [2.45, 2.75) is 98.5 Å². The molecule has 5 aliphatic carbocycles. The van der Waals surface area contributed by atoms with Crippen LogP contribution in [0.5, 0.6) is 0 Å². The summed E-state index contributed by atoms with van der Waals surface area (Å²) in [5.41, 5.74) is 3.08. The molecule has 0 aromatic heterocycles. The number of fused-ring (bicyclic) bond motifs is 3. The number of nitrogens with one attached hydrogen (secondary N) is 1. The van der Waals surface area contributed by atoms with Crippen LogP contribution >= 0.6 is 0 Å². The average Bonchev–Trinajstić information content (AvgIpc) is 3.29. The lowest BCUT2D eigenvalue weighted by atomic mass is 9.56. The molecule has 2 heteroatoms. The van der Waals surface area contributed by atoms with Gasteiger partial charge in [-0.2, -0.15) is 0 Å². The Morgan fingerprint density at radius 2 is 1.90 bits per heavy atom. The van der Waals surface area contributed by atoms with E-state index in [2.05, 4.69) is 58.3 Å². The SMILES string of the molecule is CC(C)CN/C=C/[C@@H](C)[C@H]1CCC2CC3C4CC=C5C[C@@H](O)CC[C@]5(C)[C@@]43CC[C@@]21C. The quantitative estimate of drug-likeness (QED) is 0.480. The molecule has 0 bridgehead atoms. The molecule has 0 heterocycles. The normalized spacial score (nSPS) is 49.5. The van der Waals surface area contributed by atoms with E-state index in [4.69, 9.17) is 0 Å². The number of aliphatic hydroxyl groups is 1. The summed E-state index contributed by atoms with van der Waals surface area (Å²) in [6.45, 7) is 13.4. The third kappa shape index (κ3) is 3.21. The molecular formula is C29H47NO. The van der Waals surface area contributed by atoms with Crippen LogP contribution in [-0.4, -0.2) is 17.8 Å². The summed E-state index contributed by atoms with van der Waals surface area (Å²) in [6.07, 6.45) is 18.9. The van der Waals surface area contributed by atoms with Crippen molar-refractivity contribution in [1.29, 1.82) is 0 Å². The van der Waals surface area contributed by atoms with Gasteiger partial charge in [-0.15, -0.1) is 0 Å². The lowest BCUT2D eigenvalue weighted by molar-refractivity contribution is 0.0443. The Hall–Kier alpha value is -0.760. The van der Waals surface area contributed by atoms with Gasteiger partial charge in [-0.3, -0.25) is 0 Å². The van der Waals surface area contributed by atoms with Crippen molar-refractivity contribution >= 4 is 0 Å². The van der Waals surface area contributed by atoms with Gasteiger partial charge in [0.15, 0.2) is 0 Å². The Labute approximate surface area is 191 Å². The average molecular weight is 426 g/mol. The zero-order chi connectivity index (χ0) is 22.0. The van der Waals surface area contributed by atoms with Crippen molar-refractivity contribution in [2.24, 2.45) is 51.8 Å². The standard InChI is InChI=1S/C29H47NO/c1-19(2)18-30-15-11-20(3)24-8-6-21-17-26-25-9-7-22-16-23(31)10-12-28(22,5)29(25,26)14-13-27(21,24)4/h7,11,15,19-21,23-26,30-31H,6,8-10,12-14,16-18H2,1-5H3/b15-11+/t20-,21?,23+,24-,25?,26?,27+,28+,29+/m1/s1.